The Morgan fingerprint density at radius 1 is 0.853 bits per heavy atom. The Labute approximate surface area is 200 Å². The van der Waals surface area contributed by atoms with Crippen LogP contribution in [0.4, 0.5) is 5.82 Å². The quantitative estimate of drug-likeness (QED) is 0.360. The maximum atomic E-state index is 5.73. The predicted molar refractivity (Wildman–Crippen MR) is 136 cm³/mol. The molecule has 0 spiro atoms. The number of aromatic nitrogens is 3. The van der Waals surface area contributed by atoms with Gasteiger partial charge in [0.15, 0.2) is 5.82 Å². The van der Waals surface area contributed by atoms with Gasteiger partial charge in [0.25, 0.3) is 0 Å². The highest BCUT2D eigenvalue weighted by atomic mass is 16.5. The number of hydrogen-bond acceptors (Lipinski definition) is 6. The zero-order valence-corrected chi connectivity index (χ0v) is 20.7. The number of ether oxygens (including phenoxy) is 3. The number of nitrogens with zero attached hydrogens (tertiary/aromatic N) is 3. The van der Waals surface area contributed by atoms with Crippen LogP contribution in [0.2, 0.25) is 0 Å². The first-order chi connectivity index (χ1) is 16.5. The van der Waals surface area contributed by atoms with Crippen molar-refractivity contribution in [2.75, 3.05) is 32.7 Å². The van der Waals surface area contributed by atoms with E-state index in [0.29, 0.717) is 6.61 Å². The minimum atomic E-state index is 0.607. The molecule has 7 nitrogen and oxygen atoms in total. The summed E-state index contributed by atoms with van der Waals surface area (Å²) in [6, 6.07) is 14.1. The number of aryl methyl sites for hydroxylation is 3. The Bertz CT molecular complexity index is 1300. The van der Waals surface area contributed by atoms with Gasteiger partial charge in [0.2, 0.25) is 0 Å². The summed E-state index contributed by atoms with van der Waals surface area (Å²) in [5.41, 5.74) is 5.27. The number of rotatable bonds is 9. The summed E-state index contributed by atoms with van der Waals surface area (Å²) in [6.45, 7) is 9.55. The van der Waals surface area contributed by atoms with Gasteiger partial charge in [-0.2, -0.15) is 5.10 Å². The highest BCUT2D eigenvalue weighted by Crippen LogP contribution is 2.37. The molecule has 4 rings (SSSR count). The fourth-order valence-corrected chi connectivity index (χ4v) is 4.50. The minimum Gasteiger partial charge on any atom is -0.497 e. The van der Waals surface area contributed by atoms with Crippen LogP contribution in [-0.4, -0.2) is 42.1 Å². The Hall–Kier alpha value is -3.74. The smallest absolute Gasteiger partial charge is 0.158 e. The molecule has 7 heteroatoms. The fourth-order valence-electron chi connectivity index (χ4n) is 4.50. The molecule has 0 unspecified atom stereocenters. The van der Waals surface area contributed by atoms with Crippen LogP contribution >= 0.6 is 0 Å². The van der Waals surface area contributed by atoms with Crippen LogP contribution in [0.25, 0.3) is 16.5 Å². The summed E-state index contributed by atoms with van der Waals surface area (Å²) in [7, 11) is 3.36. The standard InChI is InChI=1S/C27H32N4O3/c1-7-34-22-12-13-23(24(16-22)33-6)31-18(3)25-17(2)29-30-27(26(25)19(31)4)28-15-14-20-8-10-21(32-5)11-9-20/h8-13,16H,7,14-15H2,1-6H3,(H,28,30). The molecule has 0 saturated heterocycles. The van der Waals surface area contributed by atoms with E-state index in [-0.39, 0.29) is 0 Å². The summed E-state index contributed by atoms with van der Waals surface area (Å²) in [6.07, 6.45) is 0.868. The average Bonchev–Trinajstić information content (AvgIpc) is 3.12. The van der Waals surface area contributed by atoms with Crippen molar-refractivity contribution in [3.05, 3.63) is 65.1 Å². The van der Waals surface area contributed by atoms with E-state index in [4.69, 9.17) is 14.2 Å². The molecule has 0 saturated carbocycles. The molecule has 0 fully saturated rings. The summed E-state index contributed by atoms with van der Waals surface area (Å²) in [4.78, 5) is 0. The molecule has 0 aliphatic rings. The minimum absolute atomic E-state index is 0.607. The maximum Gasteiger partial charge on any atom is 0.158 e. The lowest BCUT2D eigenvalue weighted by molar-refractivity contribution is 0.336. The first kappa shape index (κ1) is 23.4. The monoisotopic (exact) mass is 460 g/mol. The zero-order chi connectivity index (χ0) is 24.2. The Balaban J connectivity index is 1.70. The molecular weight excluding hydrogens is 428 g/mol. The van der Waals surface area contributed by atoms with E-state index < -0.39 is 0 Å². The molecule has 0 radical (unpaired) electrons. The molecule has 0 aliphatic heterocycles. The van der Waals surface area contributed by atoms with Crippen molar-refractivity contribution >= 4 is 16.6 Å². The third kappa shape index (κ3) is 4.38. The fraction of sp³-hybridized carbons (Fsp3) is 0.333. The Kier molecular flexibility index (Phi) is 6.91. The third-order valence-electron chi connectivity index (χ3n) is 6.11. The van der Waals surface area contributed by atoms with Crippen LogP contribution in [0.5, 0.6) is 17.2 Å². The molecule has 2 aromatic carbocycles. The summed E-state index contributed by atoms with van der Waals surface area (Å²) >= 11 is 0. The number of benzene rings is 2. The highest BCUT2D eigenvalue weighted by Gasteiger charge is 2.21. The van der Waals surface area contributed by atoms with Crippen molar-refractivity contribution in [2.45, 2.75) is 34.1 Å². The molecule has 0 bridgehead atoms. The third-order valence-corrected chi connectivity index (χ3v) is 6.11. The van der Waals surface area contributed by atoms with E-state index in [1.54, 1.807) is 14.2 Å². The largest absolute Gasteiger partial charge is 0.497 e. The molecule has 4 aromatic rings. The van der Waals surface area contributed by atoms with Crippen LogP contribution in [0.3, 0.4) is 0 Å². The lowest BCUT2D eigenvalue weighted by Gasteiger charge is -2.15. The maximum absolute atomic E-state index is 5.73. The van der Waals surface area contributed by atoms with Crippen molar-refractivity contribution in [2.24, 2.45) is 0 Å². The van der Waals surface area contributed by atoms with Crippen LogP contribution in [0.15, 0.2) is 42.5 Å². The predicted octanol–water partition coefficient (Wildman–Crippen LogP) is 5.42. The van der Waals surface area contributed by atoms with E-state index in [9.17, 15) is 0 Å². The molecule has 34 heavy (non-hydrogen) atoms. The van der Waals surface area contributed by atoms with Crippen LogP contribution in [-0.2, 0) is 6.42 Å². The van der Waals surface area contributed by atoms with Crippen molar-refractivity contribution in [3.8, 4) is 22.9 Å². The van der Waals surface area contributed by atoms with Crippen molar-refractivity contribution in [1.82, 2.24) is 14.8 Å². The second kappa shape index (κ2) is 10.0. The van der Waals surface area contributed by atoms with Crippen LogP contribution < -0.4 is 19.5 Å². The molecule has 0 atom stereocenters. The molecule has 1 N–H and O–H groups in total. The number of hydrogen-bond donors (Lipinski definition) is 1. The van der Waals surface area contributed by atoms with Gasteiger partial charge in [0.05, 0.1) is 32.2 Å². The Morgan fingerprint density at radius 2 is 1.56 bits per heavy atom. The molecule has 2 heterocycles. The van der Waals surface area contributed by atoms with Crippen molar-refractivity contribution in [3.63, 3.8) is 0 Å². The van der Waals surface area contributed by atoms with E-state index in [2.05, 4.69) is 46.1 Å². The van der Waals surface area contributed by atoms with E-state index in [1.807, 2.05) is 44.2 Å². The lowest BCUT2D eigenvalue weighted by atomic mass is 10.1. The summed E-state index contributed by atoms with van der Waals surface area (Å²) in [5.74, 6) is 3.19. The highest BCUT2D eigenvalue weighted by molar-refractivity contribution is 5.98. The van der Waals surface area contributed by atoms with Gasteiger partial charge in [-0.25, -0.2) is 0 Å². The van der Waals surface area contributed by atoms with E-state index in [0.717, 1.165) is 69.6 Å². The van der Waals surface area contributed by atoms with Gasteiger partial charge in [-0.05, 0) is 63.9 Å². The topological polar surface area (TPSA) is 70.4 Å². The van der Waals surface area contributed by atoms with Gasteiger partial charge in [0.1, 0.15) is 17.2 Å². The van der Waals surface area contributed by atoms with Gasteiger partial charge in [-0.1, -0.05) is 12.1 Å². The zero-order valence-electron chi connectivity index (χ0n) is 20.7. The first-order valence-electron chi connectivity index (χ1n) is 11.5. The van der Waals surface area contributed by atoms with Crippen molar-refractivity contribution in [1.29, 1.82) is 0 Å². The number of methoxy groups -OCH3 is 2. The molecule has 178 valence electrons. The summed E-state index contributed by atoms with van der Waals surface area (Å²) < 4.78 is 18.9. The summed E-state index contributed by atoms with van der Waals surface area (Å²) in [5, 5.41) is 14.7. The lowest BCUT2D eigenvalue weighted by Crippen LogP contribution is -2.08. The molecule has 0 amide bonds. The number of anilines is 1. The van der Waals surface area contributed by atoms with E-state index >= 15 is 0 Å². The normalized spacial score (nSPS) is 11.0. The van der Waals surface area contributed by atoms with Gasteiger partial charge in [0, 0.05) is 34.8 Å². The van der Waals surface area contributed by atoms with Crippen LogP contribution in [0.1, 0.15) is 29.6 Å². The molecular formula is C27H32N4O3. The first-order valence-corrected chi connectivity index (χ1v) is 11.5. The SMILES string of the molecule is CCOc1ccc(-n2c(C)c3c(C)nnc(NCCc4ccc(OC)cc4)c3c2C)c(OC)c1. The average molecular weight is 461 g/mol. The van der Waals surface area contributed by atoms with Crippen LogP contribution in [0, 0.1) is 20.8 Å². The van der Waals surface area contributed by atoms with Gasteiger partial charge < -0.3 is 24.1 Å². The van der Waals surface area contributed by atoms with Gasteiger partial charge >= 0.3 is 0 Å². The van der Waals surface area contributed by atoms with Gasteiger partial charge in [-0.15, -0.1) is 5.10 Å². The second-order valence-corrected chi connectivity index (χ2v) is 8.18. The van der Waals surface area contributed by atoms with E-state index in [1.165, 1.54) is 5.56 Å². The van der Waals surface area contributed by atoms with Crippen molar-refractivity contribution < 1.29 is 14.2 Å². The number of fused-ring (bicyclic) bond motifs is 1. The Morgan fingerprint density at radius 3 is 2.24 bits per heavy atom. The molecule has 0 aliphatic carbocycles. The number of nitrogens with one attached hydrogen (secondary N) is 1. The molecule has 2 aromatic heterocycles. The van der Waals surface area contributed by atoms with Gasteiger partial charge in [-0.3, -0.25) is 0 Å². The second-order valence-electron chi connectivity index (χ2n) is 8.18.